The van der Waals surface area contributed by atoms with Gasteiger partial charge in [0.25, 0.3) is 0 Å². The number of rotatable bonds is 3. The van der Waals surface area contributed by atoms with Crippen LogP contribution in [-0.4, -0.2) is 39.6 Å². The first-order valence-corrected chi connectivity index (χ1v) is 9.25. The first kappa shape index (κ1) is 15.5. The number of benzene rings is 1. The van der Waals surface area contributed by atoms with Crippen LogP contribution in [-0.2, 0) is 6.54 Å². The van der Waals surface area contributed by atoms with Gasteiger partial charge in [0.2, 0.25) is 0 Å². The third-order valence-electron chi connectivity index (χ3n) is 5.57. The second kappa shape index (κ2) is 6.83. The topological polar surface area (TPSA) is 50.2 Å². The van der Waals surface area contributed by atoms with Crippen LogP contribution in [0.15, 0.2) is 30.6 Å². The highest BCUT2D eigenvalue weighted by atomic mass is 16.2. The zero-order valence-corrected chi connectivity index (χ0v) is 14.2. The molecular formula is C19H26N4O. The molecule has 1 aromatic heterocycles. The summed E-state index contributed by atoms with van der Waals surface area (Å²) in [6.45, 7) is 2.74. The number of fused-ring (bicyclic) bond motifs is 1. The number of amides is 2. The highest BCUT2D eigenvalue weighted by molar-refractivity contribution is 5.75. The van der Waals surface area contributed by atoms with E-state index < -0.39 is 0 Å². The van der Waals surface area contributed by atoms with E-state index in [-0.39, 0.29) is 6.03 Å². The van der Waals surface area contributed by atoms with Crippen molar-refractivity contribution in [3.8, 4) is 0 Å². The molecule has 2 aromatic rings. The van der Waals surface area contributed by atoms with E-state index in [4.69, 9.17) is 0 Å². The van der Waals surface area contributed by atoms with Crippen molar-refractivity contribution in [3.05, 3.63) is 30.6 Å². The van der Waals surface area contributed by atoms with Crippen molar-refractivity contribution in [1.82, 2.24) is 19.8 Å². The number of para-hydroxylation sites is 2. The Balaban J connectivity index is 1.30. The molecule has 1 aliphatic heterocycles. The van der Waals surface area contributed by atoms with Crippen LogP contribution < -0.4 is 5.32 Å². The fraction of sp³-hybridized carbons (Fsp3) is 0.579. The first-order chi connectivity index (χ1) is 11.8. The predicted molar refractivity (Wildman–Crippen MR) is 94.8 cm³/mol. The molecule has 1 aliphatic carbocycles. The maximum absolute atomic E-state index is 12.4. The zero-order valence-electron chi connectivity index (χ0n) is 14.2. The number of nitrogens with one attached hydrogen (secondary N) is 1. The molecule has 0 bridgehead atoms. The normalized spacial score (nSPS) is 19.9. The van der Waals surface area contributed by atoms with Gasteiger partial charge >= 0.3 is 6.03 Å². The molecular weight excluding hydrogens is 300 g/mol. The SMILES string of the molecule is O=C(NC1CCCC1)N1CCC(Cn2cnc3ccccc32)CC1. The van der Waals surface area contributed by atoms with Crippen LogP contribution in [0.25, 0.3) is 11.0 Å². The maximum atomic E-state index is 12.4. The maximum Gasteiger partial charge on any atom is 0.317 e. The number of piperidine rings is 1. The number of carbonyl (C=O) groups excluding carboxylic acids is 1. The monoisotopic (exact) mass is 326 g/mol. The molecule has 1 saturated carbocycles. The summed E-state index contributed by atoms with van der Waals surface area (Å²) in [5.41, 5.74) is 2.27. The van der Waals surface area contributed by atoms with Crippen molar-refractivity contribution < 1.29 is 4.79 Å². The van der Waals surface area contributed by atoms with Gasteiger partial charge in [-0.15, -0.1) is 0 Å². The molecule has 0 spiro atoms. The first-order valence-electron chi connectivity index (χ1n) is 9.25. The fourth-order valence-corrected chi connectivity index (χ4v) is 4.09. The molecule has 24 heavy (non-hydrogen) atoms. The molecule has 2 fully saturated rings. The molecule has 2 amide bonds. The van der Waals surface area contributed by atoms with Crippen molar-refractivity contribution in [2.75, 3.05) is 13.1 Å². The second-order valence-corrected chi connectivity index (χ2v) is 7.25. The Labute approximate surface area is 143 Å². The molecule has 2 aliphatic rings. The second-order valence-electron chi connectivity index (χ2n) is 7.25. The summed E-state index contributed by atoms with van der Waals surface area (Å²) in [4.78, 5) is 18.8. The van der Waals surface area contributed by atoms with Gasteiger partial charge in [0.1, 0.15) is 0 Å². The standard InChI is InChI=1S/C19H26N4O/c24-19(21-16-5-1-2-6-16)22-11-9-15(10-12-22)13-23-14-20-17-7-3-4-8-18(17)23/h3-4,7-8,14-16H,1-2,5-6,9-13H2,(H,21,24). The van der Waals surface area contributed by atoms with E-state index in [0.29, 0.717) is 12.0 Å². The Bertz CT molecular complexity index is 696. The average Bonchev–Trinajstić information content (AvgIpc) is 3.26. The molecule has 1 N–H and O–H groups in total. The minimum absolute atomic E-state index is 0.147. The van der Waals surface area contributed by atoms with Gasteiger partial charge in [-0.25, -0.2) is 9.78 Å². The van der Waals surface area contributed by atoms with E-state index >= 15 is 0 Å². The number of carbonyl (C=O) groups is 1. The largest absolute Gasteiger partial charge is 0.335 e. The molecule has 0 atom stereocenters. The summed E-state index contributed by atoms with van der Waals surface area (Å²) >= 11 is 0. The number of nitrogens with zero attached hydrogens (tertiary/aromatic N) is 3. The minimum Gasteiger partial charge on any atom is -0.335 e. The van der Waals surface area contributed by atoms with Crippen molar-refractivity contribution in [2.24, 2.45) is 5.92 Å². The van der Waals surface area contributed by atoms with Crippen LogP contribution >= 0.6 is 0 Å². The average molecular weight is 326 g/mol. The van der Waals surface area contributed by atoms with Gasteiger partial charge in [0.15, 0.2) is 0 Å². The Morgan fingerprint density at radius 1 is 1.12 bits per heavy atom. The third kappa shape index (κ3) is 3.25. The number of aromatic nitrogens is 2. The Morgan fingerprint density at radius 3 is 2.67 bits per heavy atom. The summed E-state index contributed by atoms with van der Waals surface area (Å²) in [5, 5.41) is 3.20. The van der Waals surface area contributed by atoms with Crippen LogP contribution in [0.1, 0.15) is 38.5 Å². The lowest BCUT2D eigenvalue weighted by molar-refractivity contribution is 0.163. The lowest BCUT2D eigenvalue weighted by Gasteiger charge is -2.33. The lowest BCUT2D eigenvalue weighted by atomic mass is 9.97. The molecule has 1 aromatic carbocycles. The van der Waals surface area contributed by atoms with Crippen molar-refractivity contribution >= 4 is 17.1 Å². The smallest absolute Gasteiger partial charge is 0.317 e. The quantitative estimate of drug-likeness (QED) is 0.940. The van der Waals surface area contributed by atoms with E-state index in [1.807, 2.05) is 17.3 Å². The molecule has 5 nitrogen and oxygen atoms in total. The minimum atomic E-state index is 0.147. The van der Waals surface area contributed by atoms with Gasteiger partial charge in [-0.3, -0.25) is 0 Å². The third-order valence-corrected chi connectivity index (χ3v) is 5.57. The highest BCUT2D eigenvalue weighted by Crippen LogP contribution is 2.23. The Hall–Kier alpha value is -2.04. The number of imidazole rings is 1. The number of likely N-dealkylation sites (tertiary alicyclic amines) is 1. The molecule has 4 rings (SSSR count). The van der Waals surface area contributed by atoms with Gasteiger partial charge in [0, 0.05) is 25.7 Å². The van der Waals surface area contributed by atoms with Crippen LogP contribution in [0.4, 0.5) is 4.79 Å². The summed E-state index contributed by atoms with van der Waals surface area (Å²) in [6, 6.07) is 8.84. The van der Waals surface area contributed by atoms with Crippen LogP contribution in [0.5, 0.6) is 0 Å². The molecule has 0 radical (unpaired) electrons. The molecule has 2 heterocycles. The van der Waals surface area contributed by atoms with Crippen LogP contribution in [0, 0.1) is 5.92 Å². The van der Waals surface area contributed by atoms with Gasteiger partial charge in [-0.1, -0.05) is 25.0 Å². The van der Waals surface area contributed by atoms with Crippen molar-refractivity contribution in [2.45, 2.75) is 51.1 Å². The Morgan fingerprint density at radius 2 is 1.88 bits per heavy atom. The van der Waals surface area contributed by atoms with Gasteiger partial charge in [-0.2, -0.15) is 0 Å². The lowest BCUT2D eigenvalue weighted by Crippen LogP contribution is -2.47. The summed E-state index contributed by atoms with van der Waals surface area (Å²) in [7, 11) is 0. The molecule has 128 valence electrons. The van der Waals surface area contributed by atoms with Crippen LogP contribution in [0.2, 0.25) is 0 Å². The summed E-state index contributed by atoms with van der Waals surface area (Å²) < 4.78 is 2.26. The van der Waals surface area contributed by atoms with Crippen molar-refractivity contribution in [3.63, 3.8) is 0 Å². The van der Waals surface area contributed by atoms with Gasteiger partial charge in [0.05, 0.1) is 17.4 Å². The predicted octanol–water partition coefficient (Wildman–Crippen LogP) is 3.40. The van der Waals surface area contributed by atoms with Gasteiger partial charge in [-0.05, 0) is 43.7 Å². The fourth-order valence-electron chi connectivity index (χ4n) is 4.09. The number of hydrogen-bond donors (Lipinski definition) is 1. The van der Waals surface area contributed by atoms with E-state index in [1.54, 1.807) is 0 Å². The van der Waals surface area contributed by atoms with E-state index in [2.05, 4.69) is 33.1 Å². The number of hydrogen-bond acceptors (Lipinski definition) is 2. The molecule has 1 saturated heterocycles. The van der Waals surface area contributed by atoms with E-state index in [1.165, 1.54) is 18.4 Å². The summed E-state index contributed by atoms with van der Waals surface area (Å²) in [5.74, 6) is 0.623. The molecule has 0 unspecified atom stereocenters. The summed E-state index contributed by atoms with van der Waals surface area (Å²) in [6.07, 6.45) is 8.91. The van der Waals surface area contributed by atoms with E-state index in [0.717, 1.165) is 50.8 Å². The zero-order chi connectivity index (χ0) is 16.4. The van der Waals surface area contributed by atoms with E-state index in [9.17, 15) is 4.79 Å². The Kier molecular flexibility index (Phi) is 4.41. The molecule has 5 heteroatoms. The number of urea groups is 1. The van der Waals surface area contributed by atoms with Crippen molar-refractivity contribution in [1.29, 1.82) is 0 Å². The van der Waals surface area contributed by atoms with Crippen LogP contribution in [0.3, 0.4) is 0 Å². The van der Waals surface area contributed by atoms with Gasteiger partial charge < -0.3 is 14.8 Å². The highest BCUT2D eigenvalue weighted by Gasteiger charge is 2.25.